The molecule has 1 aromatic carbocycles. The summed E-state index contributed by atoms with van der Waals surface area (Å²) in [5.74, 6) is 1.40. The molecule has 2 N–H and O–H groups in total. The van der Waals surface area contributed by atoms with E-state index < -0.39 is 10.0 Å². The molecule has 0 heterocycles. The van der Waals surface area contributed by atoms with Crippen LogP contribution in [0.15, 0.2) is 18.2 Å². The smallest absolute Gasteiger partial charge is 0.213 e. The first-order valence-electron chi connectivity index (χ1n) is 7.85. The lowest BCUT2D eigenvalue weighted by Gasteiger charge is -2.11. The summed E-state index contributed by atoms with van der Waals surface area (Å²) in [6.07, 6.45) is 2.76. The van der Waals surface area contributed by atoms with Gasteiger partial charge in [-0.1, -0.05) is 6.42 Å². The van der Waals surface area contributed by atoms with E-state index in [-0.39, 0.29) is 5.25 Å². The molecule has 0 saturated carbocycles. The summed E-state index contributed by atoms with van der Waals surface area (Å²) in [5, 5.41) is 2.94. The highest BCUT2D eigenvalue weighted by Gasteiger charge is 2.13. The van der Waals surface area contributed by atoms with Gasteiger partial charge in [0, 0.05) is 24.8 Å². The van der Waals surface area contributed by atoms with Gasteiger partial charge in [-0.05, 0) is 38.8 Å². The fourth-order valence-electron chi connectivity index (χ4n) is 1.99. The summed E-state index contributed by atoms with van der Waals surface area (Å²) in [6, 6.07) is 5.70. The number of methoxy groups -OCH3 is 2. The molecule has 0 aliphatic heterocycles. The van der Waals surface area contributed by atoms with Gasteiger partial charge in [0.2, 0.25) is 10.0 Å². The van der Waals surface area contributed by atoms with Gasteiger partial charge in [-0.15, -0.1) is 0 Å². The summed E-state index contributed by atoms with van der Waals surface area (Å²) < 4.78 is 36.2. The Bertz CT molecular complexity index is 573. The van der Waals surface area contributed by atoms with Crippen LogP contribution in [0, 0.1) is 0 Å². The summed E-state index contributed by atoms with van der Waals surface area (Å²) in [5.41, 5.74) is 0.975. The lowest BCUT2D eigenvalue weighted by Crippen LogP contribution is -2.31. The number of unbranched alkanes of at least 4 members (excludes halogenated alkanes) is 2. The molecule has 132 valence electrons. The zero-order chi connectivity index (χ0) is 17.3. The van der Waals surface area contributed by atoms with Crippen molar-refractivity contribution < 1.29 is 17.9 Å². The van der Waals surface area contributed by atoms with Gasteiger partial charge < -0.3 is 14.8 Å². The minimum atomic E-state index is -3.14. The van der Waals surface area contributed by atoms with Crippen molar-refractivity contribution in [2.24, 2.45) is 0 Å². The predicted molar refractivity (Wildman–Crippen MR) is 93.9 cm³/mol. The van der Waals surface area contributed by atoms with Gasteiger partial charge in [-0.25, -0.2) is 13.1 Å². The van der Waals surface area contributed by atoms with Crippen molar-refractivity contribution in [2.75, 3.05) is 32.6 Å². The molecule has 0 atom stereocenters. The minimum absolute atomic E-state index is 0.380. The van der Waals surface area contributed by atoms with Crippen LogP contribution in [0.5, 0.6) is 11.5 Å². The van der Waals surface area contributed by atoms with E-state index in [1.54, 1.807) is 28.1 Å². The summed E-state index contributed by atoms with van der Waals surface area (Å²) in [7, 11) is 0.0809. The Morgan fingerprint density at radius 2 is 1.65 bits per heavy atom. The zero-order valence-corrected chi connectivity index (χ0v) is 15.2. The largest absolute Gasteiger partial charge is 0.493 e. The Morgan fingerprint density at radius 3 is 2.26 bits per heavy atom. The van der Waals surface area contributed by atoms with E-state index in [1.165, 1.54) is 0 Å². The molecule has 0 spiro atoms. The van der Waals surface area contributed by atoms with Crippen LogP contribution in [-0.4, -0.2) is 41.0 Å². The van der Waals surface area contributed by atoms with Gasteiger partial charge in [0.25, 0.3) is 0 Å². The van der Waals surface area contributed by atoms with Gasteiger partial charge >= 0.3 is 0 Å². The molecule has 0 fully saturated rings. The van der Waals surface area contributed by atoms with Gasteiger partial charge in [0.05, 0.1) is 19.5 Å². The first-order valence-corrected chi connectivity index (χ1v) is 9.39. The van der Waals surface area contributed by atoms with E-state index in [2.05, 4.69) is 10.0 Å². The zero-order valence-electron chi connectivity index (χ0n) is 14.4. The third-order valence-corrected chi connectivity index (χ3v) is 5.34. The fraction of sp³-hybridized carbons (Fsp3) is 0.625. The number of nitrogens with one attached hydrogen (secondary N) is 2. The number of anilines is 1. The SMILES string of the molecule is COc1ccc(NCCCCCNS(=O)(=O)C(C)C)cc1OC. The van der Waals surface area contributed by atoms with Gasteiger partial charge in [0.1, 0.15) is 0 Å². The van der Waals surface area contributed by atoms with E-state index >= 15 is 0 Å². The normalized spacial score (nSPS) is 11.5. The van der Waals surface area contributed by atoms with Crippen LogP contribution in [0.1, 0.15) is 33.1 Å². The fourth-order valence-corrected chi connectivity index (χ4v) is 2.75. The second-order valence-corrected chi connectivity index (χ2v) is 7.87. The van der Waals surface area contributed by atoms with Crippen LogP contribution in [-0.2, 0) is 10.0 Å². The van der Waals surface area contributed by atoms with Crippen LogP contribution in [0.2, 0.25) is 0 Å². The van der Waals surface area contributed by atoms with Crippen molar-refractivity contribution in [3.63, 3.8) is 0 Å². The summed E-state index contributed by atoms with van der Waals surface area (Å²) in [4.78, 5) is 0. The third-order valence-electron chi connectivity index (χ3n) is 3.49. The molecule has 0 amide bonds. The Balaban J connectivity index is 2.23. The quantitative estimate of drug-likeness (QED) is 0.604. The van der Waals surface area contributed by atoms with Crippen LogP contribution >= 0.6 is 0 Å². The van der Waals surface area contributed by atoms with Crippen molar-refractivity contribution in [3.05, 3.63) is 18.2 Å². The highest BCUT2D eigenvalue weighted by atomic mass is 32.2. The van der Waals surface area contributed by atoms with Crippen LogP contribution in [0.25, 0.3) is 0 Å². The lowest BCUT2D eigenvalue weighted by molar-refractivity contribution is 0.355. The van der Waals surface area contributed by atoms with E-state index in [1.807, 2.05) is 18.2 Å². The van der Waals surface area contributed by atoms with Crippen molar-refractivity contribution in [1.82, 2.24) is 4.72 Å². The van der Waals surface area contributed by atoms with Crippen molar-refractivity contribution in [2.45, 2.75) is 38.4 Å². The third kappa shape index (κ3) is 6.66. The molecule has 0 unspecified atom stereocenters. The van der Waals surface area contributed by atoms with E-state index in [4.69, 9.17) is 9.47 Å². The van der Waals surface area contributed by atoms with Crippen LogP contribution < -0.4 is 19.5 Å². The highest BCUT2D eigenvalue weighted by Crippen LogP contribution is 2.29. The van der Waals surface area contributed by atoms with Gasteiger partial charge in [-0.2, -0.15) is 0 Å². The van der Waals surface area contributed by atoms with Crippen molar-refractivity contribution in [3.8, 4) is 11.5 Å². The lowest BCUT2D eigenvalue weighted by atomic mass is 10.2. The Kier molecular flexibility index (Phi) is 8.19. The van der Waals surface area contributed by atoms with Crippen LogP contribution in [0.4, 0.5) is 5.69 Å². The number of hydrogen-bond donors (Lipinski definition) is 2. The molecule has 0 radical (unpaired) electrons. The molecule has 7 heteroatoms. The summed E-state index contributed by atoms with van der Waals surface area (Å²) in [6.45, 7) is 4.67. The molecule has 0 bridgehead atoms. The standard InChI is InChI=1S/C16H28N2O4S/c1-13(2)23(19,20)18-11-7-5-6-10-17-14-8-9-15(21-3)16(12-14)22-4/h8-9,12-13,17-18H,5-7,10-11H2,1-4H3. The molecule has 1 rings (SSSR count). The van der Waals surface area contributed by atoms with Crippen molar-refractivity contribution in [1.29, 1.82) is 0 Å². The molecule has 0 aromatic heterocycles. The highest BCUT2D eigenvalue weighted by molar-refractivity contribution is 7.90. The number of ether oxygens (including phenoxy) is 2. The number of benzene rings is 1. The van der Waals surface area contributed by atoms with Gasteiger partial charge in [-0.3, -0.25) is 0 Å². The molecular weight excluding hydrogens is 316 g/mol. The second kappa shape index (κ2) is 9.62. The topological polar surface area (TPSA) is 76.7 Å². The van der Waals surface area contributed by atoms with Crippen molar-refractivity contribution >= 4 is 15.7 Å². The Labute approximate surface area is 139 Å². The van der Waals surface area contributed by atoms with Gasteiger partial charge in [0.15, 0.2) is 11.5 Å². The molecule has 0 aliphatic carbocycles. The maximum Gasteiger partial charge on any atom is 0.213 e. The predicted octanol–water partition coefficient (Wildman–Crippen LogP) is 2.61. The maximum atomic E-state index is 11.6. The molecular formula is C16H28N2O4S. The average Bonchev–Trinajstić information content (AvgIpc) is 2.53. The number of rotatable bonds is 11. The molecule has 0 saturated heterocycles. The van der Waals surface area contributed by atoms with E-state index in [0.29, 0.717) is 18.0 Å². The minimum Gasteiger partial charge on any atom is -0.493 e. The number of sulfonamides is 1. The monoisotopic (exact) mass is 344 g/mol. The van der Waals surface area contributed by atoms with E-state index in [9.17, 15) is 8.42 Å². The number of hydrogen-bond acceptors (Lipinski definition) is 5. The first-order chi connectivity index (χ1) is 10.9. The Hall–Kier alpha value is -1.47. The molecule has 6 nitrogen and oxygen atoms in total. The molecule has 1 aromatic rings. The van der Waals surface area contributed by atoms with Crippen LogP contribution in [0.3, 0.4) is 0 Å². The Morgan fingerprint density at radius 1 is 1.00 bits per heavy atom. The second-order valence-electron chi connectivity index (χ2n) is 5.55. The average molecular weight is 344 g/mol. The first kappa shape index (κ1) is 19.6. The van der Waals surface area contributed by atoms with E-state index in [0.717, 1.165) is 31.5 Å². The maximum absolute atomic E-state index is 11.6. The molecule has 0 aliphatic rings. The molecule has 23 heavy (non-hydrogen) atoms. The summed E-state index contributed by atoms with van der Waals surface area (Å²) >= 11 is 0.